The van der Waals surface area contributed by atoms with Crippen LogP contribution in [0.1, 0.15) is 37.2 Å². The van der Waals surface area contributed by atoms with Crippen LogP contribution in [0.3, 0.4) is 0 Å². The summed E-state index contributed by atoms with van der Waals surface area (Å²) in [5.74, 6) is -2.88. The van der Waals surface area contributed by atoms with Crippen LogP contribution in [0, 0.1) is 17.7 Å². The number of amides is 2. The number of anilines is 2. The van der Waals surface area contributed by atoms with E-state index in [1.165, 1.54) is 18.2 Å². The topological polar surface area (TPSA) is 93.7 Å². The van der Waals surface area contributed by atoms with Gasteiger partial charge in [-0.25, -0.2) is 4.39 Å². The summed E-state index contributed by atoms with van der Waals surface area (Å²) in [6.45, 7) is 1.13. The highest BCUT2D eigenvalue weighted by Gasteiger charge is 2.52. The van der Waals surface area contributed by atoms with E-state index in [4.69, 9.17) is 21.1 Å². The second-order valence-electron chi connectivity index (χ2n) is 10.3. The average molecular weight is 553 g/mol. The fourth-order valence-corrected chi connectivity index (χ4v) is 5.67. The number of benzene rings is 2. The van der Waals surface area contributed by atoms with Crippen LogP contribution in [0.2, 0.25) is 5.02 Å². The van der Waals surface area contributed by atoms with Gasteiger partial charge in [0.15, 0.2) is 5.78 Å². The number of nitrogens with one attached hydrogen (secondary N) is 2. The van der Waals surface area contributed by atoms with E-state index in [-0.39, 0.29) is 36.3 Å². The molecule has 0 radical (unpaired) electrons. The maximum atomic E-state index is 15.2. The van der Waals surface area contributed by atoms with Gasteiger partial charge >= 0.3 is 0 Å². The first-order chi connectivity index (χ1) is 18.8. The molecule has 2 fully saturated rings. The fourth-order valence-electron chi connectivity index (χ4n) is 5.55. The molecule has 39 heavy (non-hydrogen) atoms. The number of allylic oxidation sites excluding steroid dienone is 4. The summed E-state index contributed by atoms with van der Waals surface area (Å²) in [5.41, 5.74) is 0.569. The molecule has 2 N–H and O–H groups in total. The van der Waals surface area contributed by atoms with E-state index in [2.05, 4.69) is 10.6 Å². The van der Waals surface area contributed by atoms with Crippen LogP contribution in [-0.4, -0.2) is 43.0 Å². The Labute approximate surface area is 231 Å². The van der Waals surface area contributed by atoms with Gasteiger partial charge in [0.1, 0.15) is 5.82 Å². The van der Waals surface area contributed by atoms with Gasteiger partial charge in [-0.05, 0) is 67.3 Å². The van der Waals surface area contributed by atoms with Crippen LogP contribution in [0.5, 0.6) is 0 Å². The summed E-state index contributed by atoms with van der Waals surface area (Å²) in [5, 5.41) is 6.11. The van der Waals surface area contributed by atoms with Gasteiger partial charge in [0, 0.05) is 23.0 Å². The van der Waals surface area contributed by atoms with Crippen molar-refractivity contribution in [3.63, 3.8) is 0 Å². The lowest BCUT2D eigenvalue weighted by molar-refractivity contribution is -0.157. The molecule has 2 aromatic rings. The summed E-state index contributed by atoms with van der Waals surface area (Å²) >= 11 is 5.95. The average Bonchev–Trinajstić information content (AvgIpc) is 3.28. The zero-order chi connectivity index (χ0) is 27.4. The molecule has 0 aromatic heterocycles. The molecule has 9 heteroatoms. The Morgan fingerprint density at radius 2 is 1.72 bits per heavy atom. The monoisotopic (exact) mass is 552 g/mol. The molecule has 204 valence electrons. The minimum Gasteiger partial charge on any atom is -0.376 e. The van der Waals surface area contributed by atoms with Gasteiger partial charge in [0.25, 0.3) is 0 Å². The maximum Gasteiger partial charge on any atom is 0.228 e. The predicted octanol–water partition coefficient (Wildman–Crippen LogP) is 5.43. The molecule has 2 aromatic carbocycles. The number of rotatable bonds is 5. The molecule has 1 saturated carbocycles. The molecule has 2 amide bonds. The smallest absolute Gasteiger partial charge is 0.228 e. The van der Waals surface area contributed by atoms with Crippen LogP contribution in [0.4, 0.5) is 15.8 Å². The number of ketones is 1. The Hall–Kier alpha value is -3.33. The second kappa shape index (κ2) is 11.8. The maximum absolute atomic E-state index is 15.2. The largest absolute Gasteiger partial charge is 0.376 e. The van der Waals surface area contributed by atoms with Crippen molar-refractivity contribution in [1.29, 1.82) is 0 Å². The van der Waals surface area contributed by atoms with E-state index in [0.29, 0.717) is 43.2 Å². The van der Waals surface area contributed by atoms with Crippen molar-refractivity contribution in [2.24, 2.45) is 11.8 Å². The van der Waals surface area contributed by atoms with Crippen molar-refractivity contribution in [2.75, 3.05) is 30.5 Å². The molecule has 2 unspecified atom stereocenters. The van der Waals surface area contributed by atoms with Gasteiger partial charge in [-0.15, -0.1) is 0 Å². The Bertz CT molecular complexity index is 1300. The van der Waals surface area contributed by atoms with E-state index < -0.39 is 29.2 Å². The van der Waals surface area contributed by atoms with Gasteiger partial charge in [-0.1, -0.05) is 35.9 Å². The minimum absolute atomic E-state index is 0.0324. The first kappa shape index (κ1) is 27.2. The molecule has 0 bridgehead atoms. The Kier molecular flexibility index (Phi) is 8.26. The molecule has 5 rings (SSSR count). The Morgan fingerprint density at radius 3 is 2.41 bits per heavy atom. The van der Waals surface area contributed by atoms with E-state index in [9.17, 15) is 14.4 Å². The van der Waals surface area contributed by atoms with Crippen LogP contribution in [0.15, 0.2) is 66.8 Å². The standard InChI is InChI=1S/C30H30ClFN2O5/c31-21-7-9-22(10-8-21)33-28(36)24-16-30(18-38-13-14-39-30)17-25(24)29(37)34-27-12-6-20(15-26(27)32)19-3-1-2-4-23(35)11-5-19/h1-4,6-10,12,15,19,24-25H,5,11,13-14,16-18H2,(H,33,36)(H,34,37)/b3-1-,4-2-/t19?,24-,25-,30?/m0/s1. The molecule has 2 aliphatic carbocycles. The van der Waals surface area contributed by atoms with Crippen molar-refractivity contribution in [3.8, 4) is 0 Å². The van der Waals surface area contributed by atoms with Crippen molar-refractivity contribution < 1.29 is 28.2 Å². The molecule has 1 heterocycles. The van der Waals surface area contributed by atoms with E-state index >= 15 is 4.39 Å². The van der Waals surface area contributed by atoms with E-state index in [1.807, 2.05) is 6.08 Å². The van der Waals surface area contributed by atoms with Crippen molar-refractivity contribution >= 4 is 40.6 Å². The number of ether oxygens (including phenoxy) is 2. The van der Waals surface area contributed by atoms with E-state index in [0.717, 1.165) is 5.56 Å². The highest BCUT2D eigenvalue weighted by atomic mass is 35.5. The summed E-state index contributed by atoms with van der Waals surface area (Å²) in [7, 11) is 0. The Balaban J connectivity index is 1.32. The molecule has 1 aliphatic heterocycles. The number of hydrogen-bond donors (Lipinski definition) is 2. The van der Waals surface area contributed by atoms with E-state index in [1.54, 1.807) is 42.5 Å². The third-order valence-electron chi connectivity index (χ3n) is 7.57. The van der Waals surface area contributed by atoms with Gasteiger partial charge in [-0.3, -0.25) is 14.4 Å². The molecule has 7 nitrogen and oxygen atoms in total. The van der Waals surface area contributed by atoms with Crippen LogP contribution in [-0.2, 0) is 23.9 Å². The second-order valence-corrected chi connectivity index (χ2v) is 10.7. The zero-order valence-electron chi connectivity index (χ0n) is 21.3. The number of carbonyl (C=O) groups excluding carboxylic acids is 3. The summed E-state index contributed by atoms with van der Waals surface area (Å²) in [6.07, 6.45) is 8.49. The molecule has 1 saturated heterocycles. The molecular formula is C30H30ClFN2O5. The summed E-state index contributed by atoms with van der Waals surface area (Å²) in [6, 6.07) is 11.4. The van der Waals surface area contributed by atoms with Gasteiger partial charge in [-0.2, -0.15) is 0 Å². The lowest BCUT2D eigenvalue weighted by atomic mass is 9.91. The summed E-state index contributed by atoms with van der Waals surface area (Å²) < 4.78 is 26.8. The number of halogens is 2. The van der Waals surface area contributed by atoms with Gasteiger partial charge in [0.05, 0.1) is 42.9 Å². The quantitative estimate of drug-likeness (QED) is 0.516. The third-order valence-corrected chi connectivity index (χ3v) is 7.83. The lowest BCUT2D eigenvalue weighted by Crippen LogP contribution is -2.41. The number of carbonyl (C=O) groups is 3. The highest BCUT2D eigenvalue weighted by Crippen LogP contribution is 2.44. The molecule has 3 aliphatic rings. The van der Waals surface area contributed by atoms with Crippen LogP contribution < -0.4 is 10.6 Å². The van der Waals surface area contributed by atoms with Gasteiger partial charge in [0.2, 0.25) is 11.8 Å². The lowest BCUT2D eigenvalue weighted by Gasteiger charge is -2.33. The van der Waals surface area contributed by atoms with Crippen LogP contribution in [0.25, 0.3) is 0 Å². The SMILES string of the molecule is O=C1/C=C\C=C/C(c2ccc(NC(=O)[C@H]3CC4(COCCO4)C[C@@H]3C(=O)Nc3ccc(Cl)cc3)c(F)c2)CC1. The highest BCUT2D eigenvalue weighted by molar-refractivity contribution is 6.30. The first-order valence-electron chi connectivity index (χ1n) is 13.1. The molecule has 4 atom stereocenters. The Morgan fingerprint density at radius 1 is 0.974 bits per heavy atom. The van der Waals surface area contributed by atoms with Crippen molar-refractivity contribution in [3.05, 3.63) is 83.2 Å². The third kappa shape index (κ3) is 6.46. The van der Waals surface area contributed by atoms with Crippen molar-refractivity contribution in [1.82, 2.24) is 0 Å². The minimum atomic E-state index is -0.749. The normalized spacial score (nSPS) is 28.4. The fraction of sp³-hybridized carbons (Fsp3) is 0.367. The number of hydrogen-bond acceptors (Lipinski definition) is 5. The van der Waals surface area contributed by atoms with Gasteiger partial charge < -0.3 is 20.1 Å². The zero-order valence-corrected chi connectivity index (χ0v) is 22.1. The molecule has 1 spiro atoms. The molecular weight excluding hydrogens is 523 g/mol. The first-order valence-corrected chi connectivity index (χ1v) is 13.5. The summed E-state index contributed by atoms with van der Waals surface area (Å²) in [4.78, 5) is 38.6. The van der Waals surface area contributed by atoms with Crippen molar-refractivity contribution in [2.45, 2.75) is 37.2 Å². The predicted molar refractivity (Wildman–Crippen MR) is 146 cm³/mol. The van der Waals surface area contributed by atoms with Crippen LogP contribution >= 0.6 is 11.6 Å².